The van der Waals surface area contributed by atoms with Crippen molar-refractivity contribution in [2.24, 2.45) is 5.92 Å². The number of hydrogen-bond donors (Lipinski definition) is 2. The van der Waals surface area contributed by atoms with Crippen LogP contribution in [0.5, 0.6) is 0 Å². The Kier molecular flexibility index (Phi) is 4.22. The van der Waals surface area contributed by atoms with Crippen LogP contribution in [0.25, 0.3) is 15.9 Å². The van der Waals surface area contributed by atoms with Crippen LogP contribution in [0.15, 0.2) is 36.7 Å². The molecule has 0 radical (unpaired) electrons. The number of pyridine rings is 2. The number of carbonyl (C=O) groups excluding carboxylic acids is 1. The van der Waals surface area contributed by atoms with Gasteiger partial charge in [0, 0.05) is 49.5 Å². The number of fused-ring (bicyclic) bond motifs is 3. The molecule has 7 nitrogen and oxygen atoms in total. The lowest BCUT2D eigenvalue weighted by Gasteiger charge is -2.24. The van der Waals surface area contributed by atoms with E-state index in [1.165, 1.54) is 23.8 Å². The second-order valence-electron chi connectivity index (χ2n) is 8.29. The molecular weight excluding hydrogens is 415 g/mol. The average molecular weight is 437 g/mol. The van der Waals surface area contributed by atoms with E-state index in [0.29, 0.717) is 28.2 Å². The largest absolute Gasteiger partial charge is 0.352 e. The van der Waals surface area contributed by atoms with Crippen molar-refractivity contribution in [3.05, 3.63) is 53.0 Å². The normalized spacial score (nSPS) is 20.6. The first-order valence-electron chi connectivity index (χ1n) is 10.4. The fourth-order valence-electron chi connectivity index (χ4n) is 4.75. The summed E-state index contributed by atoms with van der Waals surface area (Å²) in [4.78, 5) is 25.6. The molecule has 2 saturated heterocycles. The SMILES string of the molecule is Cc1cn2cc(NC(=O)c3cc4ccc(N5CCC6CNCC65)nc4s3)cc(F)c2n1. The second-order valence-corrected chi connectivity index (χ2v) is 9.32. The molecule has 4 aromatic heterocycles. The van der Waals surface area contributed by atoms with Crippen molar-refractivity contribution in [1.29, 1.82) is 0 Å². The highest BCUT2D eigenvalue weighted by atomic mass is 32.1. The molecule has 0 aromatic carbocycles. The summed E-state index contributed by atoms with van der Waals surface area (Å²) in [7, 11) is 0. The first-order chi connectivity index (χ1) is 15.0. The molecule has 2 unspecified atom stereocenters. The maximum absolute atomic E-state index is 14.3. The molecule has 2 aliphatic rings. The molecular formula is C22H21FN6OS. The number of nitrogens with zero attached hydrogens (tertiary/aromatic N) is 4. The Balaban J connectivity index is 1.26. The minimum atomic E-state index is -0.473. The van der Waals surface area contributed by atoms with E-state index >= 15 is 0 Å². The van der Waals surface area contributed by atoms with E-state index in [4.69, 9.17) is 4.98 Å². The molecule has 9 heteroatoms. The van der Waals surface area contributed by atoms with Crippen molar-refractivity contribution < 1.29 is 9.18 Å². The molecule has 2 fully saturated rings. The Labute approximate surface area is 181 Å². The van der Waals surface area contributed by atoms with E-state index in [9.17, 15) is 9.18 Å². The summed E-state index contributed by atoms with van der Waals surface area (Å²) in [6, 6.07) is 7.71. The minimum Gasteiger partial charge on any atom is -0.352 e. The zero-order valence-corrected chi connectivity index (χ0v) is 17.7. The summed E-state index contributed by atoms with van der Waals surface area (Å²) in [5.74, 6) is 0.917. The van der Waals surface area contributed by atoms with Crippen LogP contribution in [0.4, 0.5) is 15.9 Å². The third-order valence-electron chi connectivity index (χ3n) is 6.22. The minimum absolute atomic E-state index is 0.246. The summed E-state index contributed by atoms with van der Waals surface area (Å²) in [5.41, 5.74) is 1.34. The van der Waals surface area contributed by atoms with Gasteiger partial charge in [0.1, 0.15) is 10.6 Å². The smallest absolute Gasteiger partial charge is 0.265 e. The highest BCUT2D eigenvalue weighted by Crippen LogP contribution is 2.33. The number of halogens is 1. The van der Waals surface area contributed by atoms with Crippen molar-refractivity contribution in [3.63, 3.8) is 0 Å². The van der Waals surface area contributed by atoms with Crippen LogP contribution in [0, 0.1) is 18.7 Å². The molecule has 2 N–H and O–H groups in total. The van der Waals surface area contributed by atoms with Crippen LogP contribution in [0.3, 0.4) is 0 Å². The van der Waals surface area contributed by atoms with Gasteiger partial charge < -0.3 is 19.9 Å². The number of carbonyl (C=O) groups is 1. The first kappa shape index (κ1) is 18.7. The van der Waals surface area contributed by atoms with Crippen LogP contribution in [-0.4, -0.2) is 46.0 Å². The van der Waals surface area contributed by atoms with Gasteiger partial charge in [-0.1, -0.05) is 0 Å². The molecule has 6 heterocycles. The fraction of sp³-hybridized carbons (Fsp3) is 0.318. The fourth-order valence-corrected chi connectivity index (χ4v) is 5.68. The number of anilines is 2. The molecule has 0 saturated carbocycles. The van der Waals surface area contributed by atoms with Gasteiger partial charge in [-0.05, 0) is 37.5 Å². The van der Waals surface area contributed by atoms with E-state index in [1.54, 1.807) is 23.7 Å². The number of imidazole rings is 1. The lowest BCUT2D eigenvalue weighted by molar-refractivity contribution is 0.103. The van der Waals surface area contributed by atoms with Gasteiger partial charge in [0.25, 0.3) is 5.91 Å². The maximum Gasteiger partial charge on any atom is 0.265 e. The maximum atomic E-state index is 14.3. The van der Waals surface area contributed by atoms with Gasteiger partial charge in [0.15, 0.2) is 11.5 Å². The Morgan fingerprint density at radius 1 is 1.26 bits per heavy atom. The van der Waals surface area contributed by atoms with Gasteiger partial charge in [-0.15, -0.1) is 11.3 Å². The van der Waals surface area contributed by atoms with Crippen molar-refractivity contribution in [2.75, 3.05) is 29.9 Å². The van der Waals surface area contributed by atoms with Crippen LogP contribution in [0.1, 0.15) is 21.8 Å². The number of rotatable bonds is 3. The third-order valence-corrected chi connectivity index (χ3v) is 7.26. The Morgan fingerprint density at radius 2 is 2.16 bits per heavy atom. The third kappa shape index (κ3) is 3.16. The van der Waals surface area contributed by atoms with E-state index in [2.05, 4.69) is 20.5 Å². The summed E-state index contributed by atoms with van der Waals surface area (Å²) in [6.45, 7) is 4.91. The number of hydrogen-bond acceptors (Lipinski definition) is 6. The zero-order valence-electron chi connectivity index (χ0n) is 16.9. The highest BCUT2D eigenvalue weighted by molar-refractivity contribution is 7.20. The molecule has 0 bridgehead atoms. The van der Waals surface area contributed by atoms with Crippen LogP contribution in [-0.2, 0) is 0 Å². The molecule has 1 amide bonds. The van der Waals surface area contributed by atoms with Crippen LogP contribution >= 0.6 is 11.3 Å². The number of thiophene rings is 1. The summed E-state index contributed by atoms with van der Waals surface area (Å²) >= 11 is 1.36. The van der Waals surface area contributed by atoms with Gasteiger partial charge in [-0.3, -0.25) is 4.79 Å². The lowest BCUT2D eigenvalue weighted by atomic mass is 10.1. The standard InChI is InChI=1S/C22H21FN6OS/c1-12-10-28-11-15(7-16(23)20(28)25-12)26-21(30)18-6-13-2-3-19(27-22(13)31-18)29-5-4-14-8-24-9-17(14)29/h2-3,6-7,10-11,14,17,24H,4-5,8-9H2,1H3,(H,26,30). The predicted octanol–water partition coefficient (Wildman–Crippen LogP) is 3.44. The summed E-state index contributed by atoms with van der Waals surface area (Å²) in [5, 5.41) is 7.20. The lowest BCUT2D eigenvalue weighted by Crippen LogP contribution is -2.34. The average Bonchev–Trinajstić information content (AvgIpc) is 3.49. The molecule has 0 aliphatic carbocycles. The van der Waals surface area contributed by atoms with Crippen molar-refractivity contribution in [2.45, 2.75) is 19.4 Å². The van der Waals surface area contributed by atoms with E-state index in [1.807, 2.05) is 18.2 Å². The van der Waals surface area contributed by atoms with Gasteiger partial charge in [-0.25, -0.2) is 14.4 Å². The van der Waals surface area contributed by atoms with Gasteiger partial charge in [-0.2, -0.15) is 0 Å². The quantitative estimate of drug-likeness (QED) is 0.515. The summed E-state index contributed by atoms with van der Waals surface area (Å²) < 4.78 is 15.9. The van der Waals surface area contributed by atoms with Crippen LogP contribution in [0.2, 0.25) is 0 Å². The highest BCUT2D eigenvalue weighted by Gasteiger charge is 2.38. The number of aryl methyl sites for hydroxylation is 1. The molecule has 158 valence electrons. The van der Waals surface area contributed by atoms with Gasteiger partial charge in [0.2, 0.25) is 0 Å². The molecule has 2 atom stereocenters. The molecule has 4 aromatic rings. The second kappa shape index (κ2) is 7.00. The van der Waals surface area contributed by atoms with Gasteiger partial charge in [0.05, 0.1) is 16.3 Å². The number of aromatic nitrogens is 3. The van der Waals surface area contributed by atoms with E-state index in [0.717, 1.165) is 35.7 Å². The number of amides is 1. The molecule has 31 heavy (non-hydrogen) atoms. The topological polar surface area (TPSA) is 74.6 Å². The van der Waals surface area contributed by atoms with Gasteiger partial charge >= 0.3 is 0 Å². The molecule has 0 spiro atoms. The van der Waals surface area contributed by atoms with Crippen LogP contribution < -0.4 is 15.5 Å². The van der Waals surface area contributed by atoms with Crippen molar-refractivity contribution in [3.8, 4) is 0 Å². The van der Waals surface area contributed by atoms with E-state index < -0.39 is 5.82 Å². The Hall–Kier alpha value is -3.04. The van der Waals surface area contributed by atoms with Crippen molar-refractivity contribution >= 4 is 44.6 Å². The monoisotopic (exact) mass is 436 g/mol. The molecule has 6 rings (SSSR count). The van der Waals surface area contributed by atoms with E-state index in [-0.39, 0.29) is 11.6 Å². The molecule has 2 aliphatic heterocycles. The Bertz CT molecular complexity index is 1330. The zero-order chi connectivity index (χ0) is 21.1. The first-order valence-corrected chi connectivity index (χ1v) is 11.2. The van der Waals surface area contributed by atoms with Crippen molar-refractivity contribution in [1.82, 2.24) is 19.7 Å². The predicted molar refractivity (Wildman–Crippen MR) is 120 cm³/mol. The summed E-state index contributed by atoms with van der Waals surface area (Å²) in [6.07, 6.45) is 4.58. The Morgan fingerprint density at radius 3 is 3.06 bits per heavy atom. The number of nitrogens with one attached hydrogen (secondary N) is 2.